The van der Waals surface area contributed by atoms with E-state index in [1.54, 1.807) is 11.8 Å². The van der Waals surface area contributed by atoms with Crippen LogP contribution < -0.4 is 15.1 Å². The molecule has 1 aliphatic heterocycles. The number of benzene rings is 2. The second-order valence-electron chi connectivity index (χ2n) is 6.51. The van der Waals surface area contributed by atoms with Gasteiger partial charge in [0.1, 0.15) is 0 Å². The van der Waals surface area contributed by atoms with E-state index in [1.807, 2.05) is 61.5 Å². The molecule has 0 bridgehead atoms. The van der Waals surface area contributed by atoms with Crippen LogP contribution in [0.1, 0.15) is 29.3 Å². The molecule has 0 saturated carbocycles. The fourth-order valence-electron chi connectivity index (χ4n) is 3.12. The maximum Gasteiger partial charge on any atom is 0.255 e. The summed E-state index contributed by atoms with van der Waals surface area (Å²) in [5.74, 6) is -0.0804. The zero-order valence-electron chi connectivity index (χ0n) is 14.9. The number of anilines is 3. The van der Waals surface area contributed by atoms with E-state index in [9.17, 15) is 9.59 Å². The third-order valence-electron chi connectivity index (χ3n) is 4.48. The van der Waals surface area contributed by atoms with Crippen LogP contribution in [0.3, 0.4) is 0 Å². The van der Waals surface area contributed by atoms with Gasteiger partial charge in [-0.15, -0.1) is 0 Å². The molecule has 5 nitrogen and oxygen atoms in total. The smallest absolute Gasteiger partial charge is 0.255 e. The number of rotatable bonds is 3. The average molecular weight is 337 g/mol. The molecule has 3 rings (SSSR count). The van der Waals surface area contributed by atoms with Crippen molar-refractivity contribution in [3.63, 3.8) is 0 Å². The van der Waals surface area contributed by atoms with Gasteiger partial charge in [0.2, 0.25) is 5.91 Å². The van der Waals surface area contributed by atoms with Gasteiger partial charge < -0.3 is 15.1 Å². The third-order valence-corrected chi connectivity index (χ3v) is 4.48. The quantitative estimate of drug-likeness (QED) is 0.935. The van der Waals surface area contributed by atoms with E-state index in [-0.39, 0.29) is 11.8 Å². The number of hydrogen-bond donors (Lipinski definition) is 1. The molecule has 1 aliphatic rings. The Bertz CT molecular complexity index is 797. The van der Waals surface area contributed by atoms with Crippen molar-refractivity contribution in [3.05, 3.63) is 53.6 Å². The van der Waals surface area contributed by atoms with Gasteiger partial charge in [-0.25, -0.2) is 0 Å². The molecule has 5 heteroatoms. The summed E-state index contributed by atoms with van der Waals surface area (Å²) < 4.78 is 0. The minimum absolute atomic E-state index is 0.0544. The molecule has 0 fully saturated rings. The highest BCUT2D eigenvalue weighted by molar-refractivity contribution is 6.04. The maximum atomic E-state index is 12.4. The zero-order valence-corrected chi connectivity index (χ0v) is 14.9. The lowest BCUT2D eigenvalue weighted by Gasteiger charge is -2.29. The minimum Gasteiger partial charge on any atom is -0.378 e. The zero-order chi connectivity index (χ0) is 18.0. The fourth-order valence-corrected chi connectivity index (χ4v) is 3.12. The van der Waals surface area contributed by atoms with E-state index < -0.39 is 0 Å². The summed E-state index contributed by atoms with van der Waals surface area (Å²) in [5.41, 5.74) is 4.48. The second-order valence-corrected chi connectivity index (χ2v) is 6.51. The molecule has 0 unspecified atom stereocenters. The van der Waals surface area contributed by atoms with Gasteiger partial charge in [0, 0.05) is 50.2 Å². The fraction of sp³-hybridized carbons (Fsp3) is 0.300. The Morgan fingerprint density at radius 1 is 1.08 bits per heavy atom. The van der Waals surface area contributed by atoms with Crippen LogP contribution in [0.2, 0.25) is 0 Å². The first kappa shape index (κ1) is 17.0. The molecule has 0 saturated heterocycles. The summed E-state index contributed by atoms with van der Waals surface area (Å²) in [5, 5.41) is 2.95. The van der Waals surface area contributed by atoms with Gasteiger partial charge in [-0.2, -0.15) is 0 Å². The van der Waals surface area contributed by atoms with Gasteiger partial charge >= 0.3 is 0 Å². The Morgan fingerprint density at radius 2 is 1.80 bits per heavy atom. The summed E-state index contributed by atoms with van der Waals surface area (Å²) >= 11 is 0. The van der Waals surface area contributed by atoms with Crippen LogP contribution in [-0.2, 0) is 11.2 Å². The number of aryl methyl sites for hydroxylation is 1. The van der Waals surface area contributed by atoms with Crippen LogP contribution in [-0.4, -0.2) is 32.5 Å². The summed E-state index contributed by atoms with van der Waals surface area (Å²) in [6, 6.07) is 13.2. The lowest BCUT2D eigenvalue weighted by molar-refractivity contribution is -0.116. The van der Waals surface area contributed by atoms with Crippen molar-refractivity contribution in [1.82, 2.24) is 0 Å². The number of carbonyl (C=O) groups excluding carboxylic acids is 2. The normalized spacial score (nSPS) is 13.2. The maximum absolute atomic E-state index is 12.4. The first-order valence-electron chi connectivity index (χ1n) is 8.45. The van der Waals surface area contributed by atoms with E-state index in [4.69, 9.17) is 0 Å². The topological polar surface area (TPSA) is 52.7 Å². The van der Waals surface area contributed by atoms with Crippen LogP contribution in [0.15, 0.2) is 42.5 Å². The predicted molar refractivity (Wildman–Crippen MR) is 102 cm³/mol. The highest BCUT2D eigenvalue weighted by Gasteiger charge is 2.20. The average Bonchev–Trinajstić information content (AvgIpc) is 2.61. The van der Waals surface area contributed by atoms with E-state index in [0.717, 1.165) is 42.0 Å². The standard InChI is InChI=1S/C20H23N3O2/c1-14(24)23-12-4-5-16-13-17(8-11-19(16)23)21-20(25)15-6-9-18(10-7-15)22(2)3/h6-11,13H,4-5,12H2,1-3H3,(H,21,25). The van der Waals surface area contributed by atoms with Gasteiger partial charge in [-0.05, 0) is 60.9 Å². The SMILES string of the molecule is CC(=O)N1CCCc2cc(NC(=O)c3ccc(N(C)C)cc3)ccc21. The molecule has 0 radical (unpaired) electrons. The summed E-state index contributed by atoms with van der Waals surface area (Å²) in [4.78, 5) is 28.0. The summed E-state index contributed by atoms with van der Waals surface area (Å²) in [6.45, 7) is 2.34. The number of nitrogens with zero attached hydrogens (tertiary/aromatic N) is 2. The van der Waals surface area contributed by atoms with Gasteiger partial charge in [0.05, 0.1) is 0 Å². The van der Waals surface area contributed by atoms with Gasteiger partial charge in [-0.1, -0.05) is 0 Å². The molecular formula is C20H23N3O2. The van der Waals surface area contributed by atoms with Crippen molar-refractivity contribution >= 4 is 28.9 Å². The molecule has 130 valence electrons. The first-order valence-corrected chi connectivity index (χ1v) is 8.45. The highest BCUT2D eigenvalue weighted by atomic mass is 16.2. The first-order chi connectivity index (χ1) is 12.0. The van der Waals surface area contributed by atoms with E-state index in [0.29, 0.717) is 5.56 Å². The van der Waals surface area contributed by atoms with Crippen LogP contribution >= 0.6 is 0 Å². The molecule has 1 N–H and O–H groups in total. The van der Waals surface area contributed by atoms with Gasteiger partial charge in [0.15, 0.2) is 0 Å². The molecule has 0 aromatic heterocycles. The Labute approximate surface area is 148 Å². The van der Waals surface area contributed by atoms with Crippen molar-refractivity contribution in [2.24, 2.45) is 0 Å². The van der Waals surface area contributed by atoms with Crippen molar-refractivity contribution in [2.75, 3.05) is 35.8 Å². The van der Waals surface area contributed by atoms with E-state index >= 15 is 0 Å². The number of amides is 2. The molecule has 0 aliphatic carbocycles. The van der Waals surface area contributed by atoms with Crippen LogP contribution in [0.4, 0.5) is 17.1 Å². The minimum atomic E-state index is -0.135. The Balaban J connectivity index is 1.77. The summed E-state index contributed by atoms with van der Waals surface area (Å²) in [6.07, 6.45) is 1.86. The number of hydrogen-bond acceptors (Lipinski definition) is 3. The third kappa shape index (κ3) is 3.65. The Morgan fingerprint density at radius 3 is 2.44 bits per heavy atom. The van der Waals surface area contributed by atoms with Crippen molar-refractivity contribution in [3.8, 4) is 0 Å². The lowest BCUT2D eigenvalue weighted by Crippen LogP contribution is -2.33. The van der Waals surface area contributed by atoms with Crippen molar-refractivity contribution in [2.45, 2.75) is 19.8 Å². The van der Waals surface area contributed by atoms with Crippen LogP contribution in [0.25, 0.3) is 0 Å². The molecule has 2 aromatic carbocycles. The Hall–Kier alpha value is -2.82. The number of fused-ring (bicyclic) bond motifs is 1. The molecule has 25 heavy (non-hydrogen) atoms. The molecular weight excluding hydrogens is 314 g/mol. The van der Waals surface area contributed by atoms with Gasteiger partial charge in [-0.3, -0.25) is 9.59 Å². The molecule has 0 spiro atoms. The highest BCUT2D eigenvalue weighted by Crippen LogP contribution is 2.30. The predicted octanol–water partition coefficient (Wildman–Crippen LogP) is 3.30. The molecule has 0 atom stereocenters. The molecule has 2 aromatic rings. The van der Waals surface area contributed by atoms with Crippen molar-refractivity contribution in [1.29, 1.82) is 0 Å². The van der Waals surface area contributed by atoms with Gasteiger partial charge in [0.25, 0.3) is 5.91 Å². The number of carbonyl (C=O) groups is 2. The molecule has 1 heterocycles. The van der Waals surface area contributed by atoms with Crippen LogP contribution in [0, 0.1) is 0 Å². The van der Waals surface area contributed by atoms with Crippen molar-refractivity contribution < 1.29 is 9.59 Å². The summed E-state index contributed by atoms with van der Waals surface area (Å²) in [7, 11) is 3.93. The number of nitrogens with one attached hydrogen (secondary N) is 1. The lowest BCUT2D eigenvalue weighted by atomic mass is 10.0. The second kappa shape index (κ2) is 6.97. The Kier molecular flexibility index (Phi) is 4.74. The monoisotopic (exact) mass is 337 g/mol. The molecule has 2 amide bonds. The largest absolute Gasteiger partial charge is 0.378 e. The van der Waals surface area contributed by atoms with E-state index in [1.165, 1.54) is 0 Å². The van der Waals surface area contributed by atoms with Crippen LogP contribution in [0.5, 0.6) is 0 Å². The van der Waals surface area contributed by atoms with E-state index in [2.05, 4.69) is 5.32 Å².